The molecule has 112 valence electrons. The van der Waals surface area contributed by atoms with Gasteiger partial charge >= 0.3 is 0 Å². The van der Waals surface area contributed by atoms with Gasteiger partial charge in [-0.15, -0.1) is 0 Å². The van der Waals surface area contributed by atoms with E-state index in [4.69, 9.17) is 0 Å². The largest absolute Gasteiger partial charge is 0.321 e. The monoisotopic (exact) mass is 284 g/mol. The molecule has 2 saturated carbocycles. The van der Waals surface area contributed by atoms with Gasteiger partial charge in [-0.05, 0) is 36.7 Å². The lowest BCUT2D eigenvalue weighted by Gasteiger charge is -2.29. The van der Waals surface area contributed by atoms with Gasteiger partial charge in [0.25, 0.3) is 0 Å². The Morgan fingerprint density at radius 3 is 2.62 bits per heavy atom. The van der Waals surface area contributed by atoms with Crippen molar-refractivity contribution in [1.82, 2.24) is 10.2 Å². The molecule has 1 spiro atoms. The van der Waals surface area contributed by atoms with Crippen LogP contribution in [0.2, 0.25) is 0 Å². The van der Waals surface area contributed by atoms with Crippen LogP contribution in [0.3, 0.4) is 0 Å². The maximum absolute atomic E-state index is 12.8. The third-order valence-corrected chi connectivity index (χ3v) is 5.73. The van der Waals surface area contributed by atoms with Gasteiger partial charge in [-0.25, -0.2) is 0 Å². The minimum Gasteiger partial charge on any atom is -0.321 e. The van der Waals surface area contributed by atoms with Crippen molar-refractivity contribution in [3.05, 3.63) is 35.9 Å². The lowest BCUT2D eigenvalue weighted by Crippen LogP contribution is -2.36. The summed E-state index contributed by atoms with van der Waals surface area (Å²) in [4.78, 5) is 15.0. The maximum atomic E-state index is 12.8. The first-order valence-electron chi connectivity index (χ1n) is 8.33. The standard InChI is InChI=1S/C18H24N2O/c1-13-6-5-9-15(13)12-20-16(14-7-3-2-4-8-14)19-18(10-11-18)17(20)21/h2-4,7-8,13,15-16,19H,5-6,9-12H2,1H3. The predicted octanol–water partition coefficient (Wildman–Crippen LogP) is 3.09. The molecule has 1 aromatic carbocycles. The highest BCUT2D eigenvalue weighted by molar-refractivity contribution is 5.92. The molecule has 1 aromatic rings. The predicted molar refractivity (Wildman–Crippen MR) is 82.5 cm³/mol. The molecule has 1 aliphatic heterocycles. The molecule has 1 saturated heterocycles. The van der Waals surface area contributed by atoms with E-state index in [9.17, 15) is 4.79 Å². The van der Waals surface area contributed by atoms with E-state index in [1.807, 2.05) is 6.07 Å². The fourth-order valence-corrected chi connectivity index (χ4v) is 4.11. The molecule has 3 nitrogen and oxygen atoms in total. The molecule has 3 atom stereocenters. The van der Waals surface area contributed by atoms with Gasteiger partial charge < -0.3 is 4.90 Å². The van der Waals surface area contributed by atoms with Gasteiger partial charge in [-0.1, -0.05) is 50.1 Å². The third kappa shape index (κ3) is 2.18. The van der Waals surface area contributed by atoms with E-state index in [1.165, 1.54) is 24.8 Å². The van der Waals surface area contributed by atoms with Crippen LogP contribution < -0.4 is 5.32 Å². The summed E-state index contributed by atoms with van der Waals surface area (Å²) in [7, 11) is 0. The molecular weight excluding hydrogens is 260 g/mol. The molecule has 21 heavy (non-hydrogen) atoms. The van der Waals surface area contributed by atoms with E-state index >= 15 is 0 Å². The number of nitrogens with zero attached hydrogens (tertiary/aromatic N) is 1. The molecule has 0 aromatic heterocycles. The van der Waals surface area contributed by atoms with Crippen LogP contribution in [0.1, 0.15) is 50.8 Å². The average molecular weight is 284 g/mol. The molecule has 0 bridgehead atoms. The van der Waals surface area contributed by atoms with Crippen LogP contribution in [0, 0.1) is 11.8 Å². The topological polar surface area (TPSA) is 32.3 Å². The number of amides is 1. The van der Waals surface area contributed by atoms with Gasteiger partial charge in [0.2, 0.25) is 5.91 Å². The van der Waals surface area contributed by atoms with Crippen molar-refractivity contribution in [1.29, 1.82) is 0 Å². The summed E-state index contributed by atoms with van der Waals surface area (Å²) in [6, 6.07) is 10.4. The molecule has 1 amide bonds. The Morgan fingerprint density at radius 1 is 1.24 bits per heavy atom. The van der Waals surface area contributed by atoms with Crippen LogP contribution in [0.5, 0.6) is 0 Å². The Bertz CT molecular complexity index is 537. The van der Waals surface area contributed by atoms with Gasteiger partial charge in [0.05, 0.1) is 0 Å². The van der Waals surface area contributed by atoms with Crippen LogP contribution in [0.25, 0.3) is 0 Å². The fraction of sp³-hybridized carbons (Fsp3) is 0.611. The number of benzene rings is 1. The summed E-state index contributed by atoms with van der Waals surface area (Å²) < 4.78 is 0. The molecule has 3 fully saturated rings. The maximum Gasteiger partial charge on any atom is 0.244 e. The van der Waals surface area contributed by atoms with E-state index in [0.717, 1.165) is 25.3 Å². The summed E-state index contributed by atoms with van der Waals surface area (Å²) in [5.74, 6) is 1.77. The van der Waals surface area contributed by atoms with Crippen LogP contribution in [-0.4, -0.2) is 22.9 Å². The highest BCUT2D eigenvalue weighted by Crippen LogP contribution is 2.47. The Hall–Kier alpha value is -1.35. The fourth-order valence-electron chi connectivity index (χ4n) is 4.11. The first-order chi connectivity index (χ1) is 10.2. The molecule has 1 heterocycles. The van der Waals surface area contributed by atoms with Crippen molar-refractivity contribution in [2.75, 3.05) is 6.54 Å². The minimum atomic E-state index is -0.220. The van der Waals surface area contributed by atoms with Crippen LogP contribution in [-0.2, 0) is 4.79 Å². The molecule has 0 radical (unpaired) electrons. The molecule has 2 aliphatic carbocycles. The molecule has 4 rings (SSSR count). The van der Waals surface area contributed by atoms with Crippen LogP contribution in [0.4, 0.5) is 0 Å². The number of nitrogens with one attached hydrogen (secondary N) is 1. The smallest absolute Gasteiger partial charge is 0.244 e. The zero-order chi connectivity index (χ0) is 14.4. The number of rotatable bonds is 3. The second kappa shape index (κ2) is 4.84. The van der Waals surface area contributed by atoms with Crippen molar-refractivity contribution in [2.24, 2.45) is 11.8 Å². The van der Waals surface area contributed by atoms with Crippen LogP contribution in [0.15, 0.2) is 30.3 Å². The lowest BCUT2D eigenvalue weighted by atomic mass is 9.97. The summed E-state index contributed by atoms with van der Waals surface area (Å²) in [5, 5.41) is 3.62. The third-order valence-electron chi connectivity index (χ3n) is 5.73. The van der Waals surface area contributed by atoms with E-state index in [-0.39, 0.29) is 11.7 Å². The molecule has 3 heteroatoms. The van der Waals surface area contributed by atoms with Gasteiger partial charge in [-0.3, -0.25) is 10.1 Å². The molecule has 3 aliphatic rings. The Morgan fingerprint density at radius 2 is 2.00 bits per heavy atom. The van der Waals surface area contributed by atoms with E-state index in [2.05, 4.69) is 41.4 Å². The highest BCUT2D eigenvalue weighted by Gasteiger charge is 2.59. The second-order valence-electron chi connectivity index (χ2n) is 7.17. The normalized spacial score (nSPS) is 33.9. The van der Waals surface area contributed by atoms with E-state index in [0.29, 0.717) is 11.8 Å². The SMILES string of the molecule is CC1CCCC1CN1C(=O)C2(CC2)NC1c1ccccc1. The quantitative estimate of drug-likeness (QED) is 0.925. The number of hydrogen-bond donors (Lipinski definition) is 1. The van der Waals surface area contributed by atoms with Crippen molar-refractivity contribution < 1.29 is 4.79 Å². The summed E-state index contributed by atoms with van der Waals surface area (Å²) in [6.07, 6.45) is 6.01. The Kier molecular flexibility index (Phi) is 3.07. The number of hydrogen-bond acceptors (Lipinski definition) is 2. The highest BCUT2D eigenvalue weighted by atomic mass is 16.2. The average Bonchev–Trinajstić information content (AvgIpc) is 3.11. The van der Waals surface area contributed by atoms with Crippen molar-refractivity contribution in [3.8, 4) is 0 Å². The second-order valence-corrected chi connectivity index (χ2v) is 7.17. The zero-order valence-electron chi connectivity index (χ0n) is 12.7. The van der Waals surface area contributed by atoms with Gasteiger partial charge in [0.1, 0.15) is 11.7 Å². The summed E-state index contributed by atoms with van der Waals surface area (Å²) in [6.45, 7) is 3.27. The van der Waals surface area contributed by atoms with Crippen molar-refractivity contribution in [3.63, 3.8) is 0 Å². The van der Waals surface area contributed by atoms with Gasteiger partial charge in [-0.2, -0.15) is 0 Å². The first-order valence-corrected chi connectivity index (χ1v) is 8.33. The van der Waals surface area contributed by atoms with E-state index in [1.54, 1.807) is 0 Å². The molecular formula is C18H24N2O. The number of carbonyl (C=O) groups excluding carboxylic acids is 1. The van der Waals surface area contributed by atoms with Crippen molar-refractivity contribution in [2.45, 2.75) is 50.7 Å². The molecule has 3 unspecified atom stereocenters. The van der Waals surface area contributed by atoms with E-state index < -0.39 is 0 Å². The Labute approximate surface area is 126 Å². The molecule has 1 N–H and O–H groups in total. The Balaban J connectivity index is 1.60. The number of carbonyl (C=O) groups is 1. The summed E-state index contributed by atoms with van der Waals surface area (Å²) in [5.41, 5.74) is 1.00. The lowest BCUT2D eigenvalue weighted by molar-refractivity contribution is -0.131. The van der Waals surface area contributed by atoms with Crippen molar-refractivity contribution >= 4 is 5.91 Å². The zero-order valence-corrected chi connectivity index (χ0v) is 12.7. The minimum absolute atomic E-state index is 0.0778. The van der Waals surface area contributed by atoms with Crippen LogP contribution >= 0.6 is 0 Å². The summed E-state index contributed by atoms with van der Waals surface area (Å²) >= 11 is 0. The van der Waals surface area contributed by atoms with Gasteiger partial charge in [0, 0.05) is 6.54 Å². The first kappa shape index (κ1) is 13.3. The van der Waals surface area contributed by atoms with Gasteiger partial charge in [0.15, 0.2) is 0 Å².